The number of ether oxygens (including phenoxy) is 2. The fraction of sp³-hybridized carbons (Fsp3) is 0.450. The molecule has 0 spiro atoms. The van der Waals surface area contributed by atoms with E-state index >= 15 is 0 Å². The molecule has 0 saturated carbocycles. The Morgan fingerprint density at radius 1 is 1.13 bits per heavy atom. The highest BCUT2D eigenvalue weighted by molar-refractivity contribution is 7.91. The predicted octanol–water partition coefficient (Wildman–Crippen LogP) is 3.11. The fourth-order valence-electron chi connectivity index (χ4n) is 3.11. The first-order valence-electron chi connectivity index (χ1n) is 9.88. The number of fused-ring (bicyclic) bond motifs is 1. The molecule has 2 heterocycles. The smallest absolute Gasteiger partial charge is 0.315 e. The summed E-state index contributed by atoms with van der Waals surface area (Å²) in [7, 11) is -3.48. The number of hydrogen-bond donors (Lipinski definition) is 2. The van der Waals surface area contributed by atoms with Crippen molar-refractivity contribution in [3.63, 3.8) is 0 Å². The Bertz CT molecular complexity index is 986. The second-order valence-electron chi connectivity index (χ2n) is 6.76. The van der Waals surface area contributed by atoms with Gasteiger partial charge in [-0.2, -0.15) is 4.31 Å². The molecule has 0 saturated heterocycles. The van der Waals surface area contributed by atoms with Crippen LogP contribution in [0, 0.1) is 0 Å². The van der Waals surface area contributed by atoms with E-state index in [4.69, 9.17) is 9.47 Å². The van der Waals surface area contributed by atoms with Crippen molar-refractivity contribution >= 4 is 27.4 Å². The van der Waals surface area contributed by atoms with Crippen molar-refractivity contribution in [3.8, 4) is 11.5 Å². The average Bonchev–Trinajstić information content (AvgIpc) is 3.22. The monoisotopic (exact) mass is 453 g/mol. The Hall–Kier alpha value is -2.30. The van der Waals surface area contributed by atoms with Crippen LogP contribution in [-0.2, 0) is 16.6 Å². The van der Waals surface area contributed by atoms with E-state index in [0.717, 1.165) is 10.4 Å². The molecule has 0 aliphatic carbocycles. The quantitative estimate of drug-likeness (QED) is 0.640. The number of carbonyl (C=O) groups excluding carboxylic acids is 1. The maximum absolute atomic E-state index is 12.6. The largest absolute Gasteiger partial charge is 0.486 e. The molecule has 1 aromatic heterocycles. The molecule has 30 heavy (non-hydrogen) atoms. The van der Waals surface area contributed by atoms with Crippen molar-refractivity contribution in [1.29, 1.82) is 0 Å². The zero-order valence-corrected chi connectivity index (χ0v) is 18.9. The lowest BCUT2D eigenvalue weighted by Crippen LogP contribution is -2.36. The van der Waals surface area contributed by atoms with Crippen LogP contribution in [0.3, 0.4) is 0 Å². The highest BCUT2D eigenvalue weighted by Gasteiger charge is 2.23. The van der Waals surface area contributed by atoms with Crippen LogP contribution in [-0.4, -0.2) is 45.1 Å². The molecule has 1 aliphatic rings. The van der Waals surface area contributed by atoms with Gasteiger partial charge in [-0.25, -0.2) is 13.2 Å². The molecule has 1 aliphatic heterocycles. The van der Waals surface area contributed by atoms with Crippen molar-refractivity contribution in [2.75, 3.05) is 26.3 Å². The van der Waals surface area contributed by atoms with Crippen LogP contribution in [0.15, 0.2) is 34.5 Å². The third-order valence-corrected chi connectivity index (χ3v) is 8.38. The molecular weight excluding hydrogens is 426 g/mol. The zero-order valence-electron chi connectivity index (χ0n) is 17.3. The number of benzene rings is 1. The van der Waals surface area contributed by atoms with Gasteiger partial charge < -0.3 is 20.1 Å². The summed E-state index contributed by atoms with van der Waals surface area (Å²) in [6.07, 6.45) is 0. The van der Waals surface area contributed by atoms with Gasteiger partial charge in [0.1, 0.15) is 17.4 Å². The zero-order chi connectivity index (χ0) is 21.7. The lowest BCUT2D eigenvalue weighted by Gasteiger charge is -2.21. The van der Waals surface area contributed by atoms with Gasteiger partial charge in [-0.05, 0) is 36.8 Å². The maximum Gasteiger partial charge on any atom is 0.315 e. The molecule has 164 valence electrons. The van der Waals surface area contributed by atoms with Gasteiger partial charge in [0, 0.05) is 18.0 Å². The van der Waals surface area contributed by atoms with Gasteiger partial charge in [0.25, 0.3) is 10.0 Å². The minimum absolute atomic E-state index is 0.234. The number of nitrogens with one attached hydrogen (secondary N) is 2. The van der Waals surface area contributed by atoms with E-state index in [1.54, 1.807) is 12.1 Å². The van der Waals surface area contributed by atoms with Crippen molar-refractivity contribution < 1.29 is 22.7 Å². The van der Waals surface area contributed by atoms with Crippen LogP contribution >= 0.6 is 11.3 Å². The minimum Gasteiger partial charge on any atom is -0.486 e. The number of amides is 2. The van der Waals surface area contributed by atoms with E-state index in [-0.39, 0.29) is 22.8 Å². The van der Waals surface area contributed by atoms with E-state index in [0.29, 0.717) is 37.8 Å². The highest BCUT2D eigenvalue weighted by Crippen LogP contribution is 2.32. The van der Waals surface area contributed by atoms with Crippen molar-refractivity contribution in [2.45, 2.75) is 37.6 Å². The van der Waals surface area contributed by atoms with Crippen LogP contribution < -0.4 is 20.1 Å². The lowest BCUT2D eigenvalue weighted by atomic mass is 10.1. The number of thiophene rings is 1. The topological polar surface area (TPSA) is 97.0 Å². The molecular formula is C20H27N3O5S2. The highest BCUT2D eigenvalue weighted by atomic mass is 32.2. The van der Waals surface area contributed by atoms with Gasteiger partial charge in [-0.1, -0.05) is 19.9 Å². The van der Waals surface area contributed by atoms with Crippen molar-refractivity contribution in [2.24, 2.45) is 0 Å². The second kappa shape index (κ2) is 9.67. The molecule has 0 radical (unpaired) electrons. The average molecular weight is 454 g/mol. The van der Waals surface area contributed by atoms with Gasteiger partial charge in [0.15, 0.2) is 11.5 Å². The number of carbonyl (C=O) groups is 1. The molecule has 2 aromatic rings. The first-order chi connectivity index (χ1) is 14.3. The summed E-state index contributed by atoms with van der Waals surface area (Å²) in [6.45, 7) is 7.63. The minimum atomic E-state index is -3.48. The predicted molar refractivity (Wildman–Crippen MR) is 116 cm³/mol. The number of nitrogens with zero attached hydrogens (tertiary/aromatic N) is 1. The van der Waals surface area contributed by atoms with Crippen LogP contribution in [0.4, 0.5) is 4.79 Å². The summed E-state index contributed by atoms with van der Waals surface area (Å²) in [5.74, 6) is 1.38. The van der Waals surface area contributed by atoms with Crippen LogP contribution in [0.25, 0.3) is 0 Å². The number of urea groups is 1. The first-order valence-corrected chi connectivity index (χ1v) is 12.1. The third kappa shape index (κ3) is 5.05. The lowest BCUT2D eigenvalue weighted by molar-refractivity contribution is 0.171. The van der Waals surface area contributed by atoms with Gasteiger partial charge >= 0.3 is 6.03 Å². The summed E-state index contributed by atoms with van der Waals surface area (Å²) < 4.78 is 37.9. The van der Waals surface area contributed by atoms with E-state index < -0.39 is 10.0 Å². The summed E-state index contributed by atoms with van der Waals surface area (Å²) in [6, 6.07) is 8.34. The Morgan fingerprint density at radius 2 is 1.83 bits per heavy atom. The molecule has 8 nitrogen and oxygen atoms in total. The molecule has 1 atom stereocenters. The normalized spacial score (nSPS) is 14.4. The molecule has 1 unspecified atom stereocenters. The summed E-state index contributed by atoms with van der Waals surface area (Å²) in [4.78, 5) is 13.1. The maximum atomic E-state index is 12.6. The molecule has 0 fully saturated rings. The van der Waals surface area contributed by atoms with E-state index in [1.165, 1.54) is 15.6 Å². The van der Waals surface area contributed by atoms with Crippen LogP contribution in [0.2, 0.25) is 0 Å². The third-order valence-electron chi connectivity index (χ3n) is 4.77. The van der Waals surface area contributed by atoms with E-state index in [9.17, 15) is 13.2 Å². The van der Waals surface area contributed by atoms with Crippen LogP contribution in [0.1, 0.15) is 37.3 Å². The van der Waals surface area contributed by atoms with Gasteiger partial charge in [0.2, 0.25) is 0 Å². The Labute approximate surface area is 181 Å². The fourth-order valence-corrected chi connectivity index (χ4v) is 6.02. The van der Waals surface area contributed by atoms with Crippen molar-refractivity contribution in [1.82, 2.24) is 14.9 Å². The second-order valence-corrected chi connectivity index (χ2v) is 10.1. The Balaban J connectivity index is 1.55. The standard InChI is InChI=1S/C20H27N3O5S2/c1-4-23(5-2)30(25,26)19-9-7-16(29-19)13-21-20(24)22-14(3)15-6-8-17-18(12-15)28-11-10-27-17/h6-9,12,14H,4-5,10-11,13H2,1-3H3,(H2,21,22,24). The van der Waals surface area contributed by atoms with E-state index in [2.05, 4.69) is 10.6 Å². The summed E-state index contributed by atoms with van der Waals surface area (Å²) in [5, 5.41) is 5.66. The molecule has 1 aromatic carbocycles. The summed E-state index contributed by atoms with van der Waals surface area (Å²) >= 11 is 1.17. The Kier molecular flexibility index (Phi) is 7.22. The number of rotatable bonds is 8. The van der Waals surface area contributed by atoms with Gasteiger partial charge in [-0.3, -0.25) is 0 Å². The van der Waals surface area contributed by atoms with Gasteiger partial charge in [-0.15, -0.1) is 11.3 Å². The van der Waals surface area contributed by atoms with Crippen LogP contribution in [0.5, 0.6) is 11.5 Å². The molecule has 3 rings (SSSR count). The van der Waals surface area contributed by atoms with E-state index in [1.807, 2.05) is 39.0 Å². The summed E-state index contributed by atoms with van der Waals surface area (Å²) in [5.41, 5.74) is 0.901. The van der Waals surface area contributed by atoms with Crippen molar-refractivity contribution in [3.05, 3.63) is 40.8 Å². The first kappa shape index (κ1) is 22.4. The molecule has 2 amide bonds. The number of hydrogen-bond acceptors (Lipinski definition) is 6. The molecule has 2 N–H and O–H groups in total. The molecule has 0 bridgehead atoms. The van der Waals surface area contributed by atoms with Gasteiger partial charge in [0.05, 0.1) is 12.6 Å². The SMILES string of the molecule is CCN(CC)S(=O)(=O)c1ccc(CNC(=O)NC(C)c2ccc3c(c2)OCCO3)s1. The Morgan fingerprint density at radius 3 is 2.53 bits per heavy atom. The molecule has 10 heteroatoms. The number of sulfonamides is 1.